The summed E-state index contributed by atoms with van der Waals surface area (Å²) in [5.41, 5.74) is 4.73. The van der Waals surface area contributed by atoms with Gasteiger partial charge in [-0.15, -0.1) is 0 Å². The average molecular weight is 443 g/mol. The van der Waals surface area contributed by atoms with Gasteiger partial charge < -0.3 is 5.32 Å². The summed E-state index contributed by atoms with van der Waals surface area (Å²) in [6.45, 7) is 4.31. The molecule has 4 rings (SSSR count). The molecular formula is C21H19ClN4O3S. The third kappa shape index (κ3) is 3.77. The number of halogens is 1. The summed E-state index contributed by atoms with van der Waals surface area (Å²) < 4.78 is 25.1. The maximum absolute atomic E-state index is 12.5. The molecule has 2 heterocycles. The van der Waals surface area contributed by atoms with Crippen LogP contribution in [0.5, 0.6) is 0 Å². The number of aromatic nitrogens is 2. The van der Waals surface area contributed by atoms with Crippen LogP contribution in [-0.2, 0) is 21.4 Å². The fraction of sp³-hybridized carbons (Fsp3) is 0.143. The van der Waals surface area contributed by atoms with Crippen molar-refractivity contribution in [2.24, 2.45) is 5.14 Å². The fourth-order valence-electron chi connectivity index (χ4n) is 3.33. The molecule has 0 saturated carbocycles. The van der Waals surface area contributed by atoms with Crippen molar-refractivity contribution in [3.05, 3.63) is 75.6 Å². The zero-order valence-corrected chi connectivity index (χ0v) is 17.9. The zero-order valence-electron chi connectivity index (χ0n) is 16.3. The standard InChI is InChI=1S/C21H19ClN4O3S/c1-12-3-5-14(6-4-12)11-26-20(22)16(13(2)25-26)10-18-17-9-15(30(23,28)29)7-8-19(17)24-21(18)27/h3-10H,11H2,1-2H3,(H,24,27)(H2,23,28,29)/b18-10-. The molecule has 9 heteroatoms. The smallest absolute Gasteiger partial charge is 0.256 e. The molecule has 2 aromatic carbocycles. The highest BCUT2D eigenvalue weighted by Gasteiger charge is 2.27. The molecule has 0 fully saturated rings. The van der Waals surface area contributed by atoms with Gasteiger partial charge in [0.05, 0.1) is 17.1 Å². The molecule has 3 N–H and O–H groups in total. The Morgan fingerprint density at radius 3 is 2.53 bits per heavy atom. The van der Waals surface area contributed by atoms with Crippen molar-refractivity contribution in [1.29, 1.82) is 0 Å². The quantitative estimate of drug-likeness (QED) is 0.604. The Kier molecular flexibility index (Phi) is 5.01. The molecule has 30 heavy (non-hydrogen) atoms. The van der Waals surface area contributed by atoms with Crippen molar-refractivity contribution in [3.63, 3.8) is 0 Å². The van der Waals surface area contributed by atoms with Gasteiger partial charge in [0.2, 0.25) is 10.0 Å². The Bertz CT molecular complexity index is 1310. The van der Waals surface area contributed by atoms with Crippen LogP contribution >= 0.6 is 11.6 Å². The monoisotopic (exact) mass is 442 g/mol. The number of nitrogens with one attached hydrogen (secondary N) is 1. The van der Waals surface area contributed by atoms with Gasteiger partial charge in [-0.1, -0.05) is 41.4 Å². The number of hydrogen-bond acceptors (Lipinski definition) is 4. The average Bonchev–Trinajstić information content (AvgIpc) is 3.13. The SMILES string of the molecule is Cc1ccc(Cn2nc(C)c(/C=C3\C(=O)Nc4ccc(S(N)(=O)=O)cc43)c2Cl)cc1. The van der Waals surface area contributed by atoms with E-state index in [2.05, 4.69) is 10.4 Å². The van der Waals surface area contributed by atoms with Crippen LogP contribution in [0.15, 0.2) is 47.4 Å². The molecule has 0 aliphatic carbocycles. The fourth-order valence-corrected chi connectivity index (χ4v) is 4.16. The first-order chi connectivity index (χ1) is 14.1. The molecule has 0 saturated heterocycles. The van der Waals surface area contributed by atoms with Crippen molar-refractivity contribution in [3.8, 4) is 0 Å². The number of rotatable bonds is 4. The highest BCUT2D eigenvalue weighted by molar-refractivity contribution is 7.89. The van der Waals surface area contributed by atoms with Crippen molar-refractivity contribution in [2.45, 2.75) is 25.3 Å². The van der Waals surface area contributed by atoms with Crippen LogP contribution in [-0.4, -0.2) is 24.1 Å². The van der Waals surface area contributed by atoms with Crippen LogP contribution in [0.3, 0.4) is 0 Å². The van der Waals surface area contributed by atoms with E-state index in [4.69, 9.17) is 16.7 Å². The second-order valence-corrected chi connectivity index (χ2v) is 9.12. The van der Waals surface area contributed by atoms with E-state index in [9.17, 15) is 13.2 Å². The molecule has 154 valence electrons. The van der Waals surface area contributed by atoms with Crippen LogP contribution in [0.4, 0.5) is 5.69 Å². The topological polar surface area (TPSA) is 107 Å². The van der Waals surface area contributed by atoms with Crippen molar-refractivity contribution < 1.29 is 13.2 Å². The predicted molar refractivity (Wildman–Crippen MR) is 117 cm³/mol. The molecule has 1 aliphatic heterocycles. The second-order valence-electron chi connectivity index (χ2n) is 7.20. The normalized spacial score (nSPS) is 14.8. The van der Waals surface area contributed by atoms with Gasteiger partial charge in [-0.3, -0.25) is 4.79 Å². The Hall–Kier alpha value is -2.94. The zero-order chi connectivity index (χ0) is 21.6. The predicted octanol–water partition coefficient (Wildman–Crippen LogP) is 3.34. The van der Waals surface area contributed by atoms with Gasteiger partial charge in [0.25, 0.3) is 5.91 Å². The lowest BCUT2D eigenvalue weighted by atomic mass is 10.0. The number of aryl methyl sites for hydroxylation is 2. The first-order valence-electron chi connectivity index (χ1n) is 9.12. The molecule has 1 amide bonds. The first kappa shape index (κ1) is 20.3. The minimum atomic E-state index is -3.90. The van der Waals surface area contributed by atoms with Crippen LogP contribution in [0.1, 0.15) is 27.9 Å². The maximum atomic E-state index is 12.5. The lowest BCUT2D eigenvalue weighted by Gasteiger charge is -2.05. The molecule has 0 unspecified atom stereocenters. The molecular weight excluding hydrogens is 424 g/mol. The Labute approximate surface area is 179 Å². The summed E-state index contributed by atoms with van der Waals surface area (Å²) in [5.74, 6) is -0.349. The largest absolute Gasteiger partial charge is 0.321 e. The van der Waals surface area contributed by atoms with E-state index < -0.39 is 10.0 Å². The summed E-state index contributed by atoms with van der Waals surface area (Å²) in [6.07, 6.45) is 1.63. The lowest BCUT2D eigenvalue weighted by Crippen LogP contribution is -2.12. The number of sulfonamides is 1. The van der Waals surface area contributed by atoms with Gasteiger partial charge in [-0.25, -0.2) is 18.2 Å². The summed E-state index contributed by atoms with van der Waals surface area (Å²) in [6, 6.07) is 12.3. The first-order valence-corrected chi connectivity index (χ1v) is 11.0. The number of nitrogens with zero attached hydrogens (tertiary/aromatic N) is 2. The molecule has 1 aromatic heterocycles. The molecule has 1 aliphatic rings. The molecule has 0 spiro atoms. The molecule has 0 atom stereocenters. The van der Waals surface area contributed by atoms with E-state index in [1.807, 2.05) is 31.2 Å². The van der Waals surface area contributed by atoms with Crippen LogP contribution in [0.25, 0.3) is 11.6 Å². The molecule has 7 nitrogen and oxygen atoms in total. The summed E-state index contributed by atoms with van der Waals surface area (Å²) in [4.78, 5) is 12.5. The molecule has 3 aromatic rings. The number of amides is 1. The molecule has 0 bridgehead atoms. The number of anilines is 1. The van der Waals surface area contributed by atoms with E-state index in [0.29, 0.717) is 39.8 Å². The summed E-state index contributed by atoms with van der Waals surface area (Å²) in [7, 11) is -3.90. The van der Waals surface area contributed by atoms with Gasteiger partial charge in [-0.2, -0.15) is 5.10 Å². The van der Waals surface area contributed by atoms with Crippen molar-refractivity contribution in [1.82, 2.24) is 9.78 Å². The third-order valence-corrected chi connectivity index (χ3v) is 6.26. The van der Waals surface area contributed by atoms with E-state index in [-0.39, 0.29) is 10.8 Å². The van der Waals surface area contributed by atoms with E-state index in [1.54, 1.807) is 17.7 Å². The number of fused-ring (bicyclic) bond motifs is 1. The second kappa shape index (κ2) is 7.39. The minimum Gasteiger partial charge on any atom is -0.321 e. The number of hydrogen-bond donors (Lipinski definition) is 2. The van der Waals surface area contributed by atoms with Crippen molar-refractivity contribution >= 4 is 44.9 Å². The Morgan fingerprint density at radius 2 is 1.87 bits per heavy atom. The van der Waals surface area contributed by atoms with E-state index >= 15 is 0 Å². The van der Waals surface area contributed by atoms with Gasteiger partial charge in [0.1, 0.15) is 5.15 Å². The summed E-state index contributed by atoms with van der Waals surface area (Å²) >= 11 is 6.58. The van der Waals surface area contributed by atoms with Gasteiger partial charge in [0.15, 0.2) is 0 Å². The number of carbonyl (C=O) groups excluding carboxylic acids is 1. The van der Waals surface area contributed by atoms with Crippen LogP contribution in [0, 0.1) is 13.8 Å². The number of carbonyl (C=O) groups is 1. The Morgan fingerprint density at radius 1 is 1.17 bits per heavy atom. The number of benzene rings is 2. The highest BCUT2D eigenvalue weighted by Crippen LogP contribution is 2.36. The third-order valence-electron chi connectivity index (χ3n) is 4.95. The van der Waals surface area contributed by atoms with E-state index in [0.717, 1.165) is 11.1 Å². The van der Waals surface area contributed by atoms with Gasteiger partial charge in [-0.05, 0) is 43.7 Å². The maximum Gasteiger partial charge on any atom is 0.256 e. The lowest BCUT2D eigenvalue weighted by molar-refractivity contribution is -0.110. The highest BCUT2D eigenvalue weighted by atomic mass is 35.5. The Balaban J connectivity index is 1.75. The van der Waals surface area contributed by atoms with Crippen molar-refractivity contribution in [2.75, 3.05) is 5.32 Å². The molecule has 0 radical (unpaired) electrons. The van der Waals surface area contributed by atoms with E-state index in [1.165, 1.54) is 18.2 Å². The van der Waals surface area contributed by atoms with Crippen LogP contribution < -0.4 is 10.5 Å². The van der Waals surface area contributed by atoms with Crippen LogP contribution in [0.2, 0.25) is 5.15 Å². The van der Waals surface area contributed by atoms with Gasteiger partial charge in [0, 0.05) is 22.4 Å². The number of nitrogens with two attached hydrogens (primary N) is 1. The van der Waals surface area contributed by atoms with Gasteiger partial charge >= 0.3 is 0 Å². The summed E-state index contributed by atoms with van der Waals surface area (Å²) in [5, 5.41) is 12.8. The minimum absolute atomic E-state index is 0.0680. The number of primary sulfonamides is 1.